The Morgan fingerprint density at radius 2 is 2.09 bits per heavy atom. The van der Waals surface area contributed by atoms with Crippen LogP contribution in [0.3, 0.4) is 0 Å². The molecule has 0 aliphatic heterocycles. The Balaban J connectivity index is 1.73. The van der Waals surface area contributed by atoms with Crippen LogP contribution < -0.4 is 5.32 Å². The number of fused-ring (bicyclic) bond motifs is 1. The SMILES string of the molecule is CS[C@@H](C)C(=O)NCc1ccc(-n2cnc3ccccc32)nc1. The third-order valence-electron chi connectivity index (χ3n) is 3.70. The lowest BCUT2D eigenvalue weighted by Gasteiger charge is -2.10. The van der Waals surface area contributed by atoms with Crippen LogP contribution in [0, 0.1) is 0 Å². The molecule has 0 saturated carbocycles. The Morgan fingerprint density at radius 1 is 1.26 bits per heavy atom. The fourth-order valence-corrected chi connectivity index (χ4v) is 2.54. The number of nitrogens with zero attached hydrogens (tertiary/aromatic N) is 3. The molecule has 3 rings (SSSR count). The van der Waals surface area contributed by atoms with Crippen LogP contribution in [-0.2, 0) is 11.3 Å². The first-order valence-electron chi connectivity index (χ1n) is 7.37. The lowest BCUT2D eigenvalue weighted by molar-refractivity contribution is -0.120. The molecule has 0 radical (unpaired) electrons. The number of imidazole rings is 1. The van der Waals surface area contributed by atoms with Gasteiger partial charge in [0, 0.05) is 12.7 Å². The van der Waals surface area contributed by atoms with Crippen molar-refractivity contribution in [1.82, 2.24) is 19.9 Å². The fraction of sp³-hybridized carbons (Fsp3) is 0.235. The molecule has 5 nitrogen and oxygen atoms in total. The summed E-state index contributed by atoms with van der Waals surface area (Å²) >= 11 is 1.53. The van der Waals surface area contributed by atoms with E-state index in [1.807, 2.05) is 54.1 Å². The highest BCUT2D eigenvalue weighted by molar-refractivity contribution is 7.99. The van der Waals surface area contributed by atoms with Crippen LogP contribution in [0.1, 0.15) is 12.5 Å². The smallest absolute Gasteiger partial charge is 0.233 e. The van der Waals surface area contributed by atoms with E-state index < -0.39 is 0 Å². The van der Waals surface area contributed by atoms with Crippen LogP contribution in [0.15, 0.2) is 48.9 Å². The Hall–Kier alpha value is -2.34. The molecular formula is C17H18N4OS. The number of hydrogen-bond donors (Lipinski definition) is 1. The summed E-state index contributed by atoms with van der Waals surface area (Å²) < 4.78 is 1.95. The topological polar surface area (TPSA) is 59.8 Å². The minimum absolute atomic E-state index is 0.0421. The molecule has 0 spiro atoms. The molecule has 118 valence electrons. The van der Waals surface area contributed by atoms with Gasteiger partial charge in [0.1, 0.15) is 12.1 Å². The van der Waals surface area contributed by atoms with Crippen molar-refractivity contribution in [2.45, 2.75) is 18.7 Å². The second kappa shape index (κ2) is 6.83. The maximum atomic E-state index is 11.8. The minimum atomic E-state index is -0.0421. The number of rotatable bonds is 5. The number of pyridine rings is 1. The van der Waals surface area contributed by atoms with Gasteiger partial charge in [0.25, 0.3) is 0 Å². The van der Waals surface area contributed by atoms with Crippen LogP contribution in [0.25, 0.3) is 16.9 Å². The highest BCUT2D eigenvalue weighted by Crippen LogP contribution is 2.16. The van der Waals surface area contributed by atoms with Gasteiger partial charge in [-0.1, -0.05) is 18.2 Å². The van der Waals surface area contributed by atoms with Crippen molar-refractivity contribution in [1.29, 1.82) is 0 Å². The number of carbonyl (C=O) groups excluding carboxylic acids is 1. The zero-order chi connectivity index (χ0) is 16.2. The van der Waals surface area contributed by atoms with E-state index in [9.17, 15) is 4.79 Å². The lowest BCUT2D eigenvalue weighted by Crippen LogP contribution is -2.30. The monoisotopic (exact) mass is 326 g/mol. The van der Waals surface area contributed by atoms with Crippen LogP contribution in [0.2, 0.25) is 0 Å². The molecule has 1 aromatic carbocycles. The predicted molar refractivity (Wildman–Crippen MR) is 93.7 cm³/mol. The quantitative estimate of drug-likeness (QED) is 0.783. The maximum Gasteiger partial charge on any atom is 0.233 e. The van der Waals surface area contributed by atoms with E-state index in [0.717, 1.165) is 22.4 Å². The van der Waals surface area contributed by atoms with Gasteiger partial charge in [0.05, 0.1) is 16.3 Å². The second-order valence-electron chi connectivity index (χ2n) is 5.22. The standard InChI is InChI=1S/C17H18N4OS/c1-12(23-2)17(22)19-10-13-7-8-16(18-9-13)21-11-20-14-5-3-4-6-15(14)21/h3-9,11-12H,10H2,1-2H3,(H,19,22)/t12-/m0/s1. The number of nitrogens with one attached hydrogen (secondary N) is 1. The van der Waals surface area contributed by atoms with Crippen LogP contribution in [0.4, 0.5) is 0 Å². The van der Waals surface area contributed by atoms with Crippen molar-refractivity contribution >= 4 is 28.7 Å². The van der Waals surface area contributed by atoms with Crippen molar-refractivity contribution in [3.8, 4) is 5.82 Å². The van der Waals surface area contributed by atoms with Crippen LogP contribution in [-0.4, -0.2) is 31.9 Å². The number of carbonyl (C=O) groups is 1. The van der Waals surface area contributed by atoms with E-state index in [-0.39, 0.29) is 11.2 Å². The third kappa shape index (κ3) is 3.37. The summed E-state index contributed by atoms with van der Waals surface area (Å²) in [6.45, 7) is 2.38. The summed E-state index contributed by atoms with van der Waals surface area (Å²) in [5.74, 6) is 0.855. The number of benzene rings is 1. The van der Waals surface area contributed by atoms with Gasteiger partial charge < -0.3 is 5.32 Å². The Morgan fingerprint density at radius 3 is 2.83 bits per heavy atom. The number of aromatic nitrogens is 3. The first-order chi connectivity index (χ1) is 11.2. The van der Waals surface area contributed by atoms with Gasteiger partial charge in [0.15, 0.2) is 0 Å². The van der Waals surface area contributed by atoms with Crippen LogP contribution in [0.5, 0.6) is 0 Å². The molecular weight excluding hydrogens is 308 g/mol. The molecule has 0 bridgehead atoms. The first kappa shape index (κ1) is 15.6. The van der Waals surface area contributed by atoms with Gasteiger partial charge in [-0.2, -0.15) is 11.8 Å². The number of para-hydroxylation sites is 2. The van der Waals surface area contributed by atoms with Crippen molar-refractivity contribution in [2.75, 3.05) is 6.26 Å². The maximum absolute atomic E-state index is 11.8. The Kier molecular flexibility index (Phi) is 4.62. The number of hydrogen-bond acceptors (Lipinski definition) is 4. The van der Waals surface area contributed by atoms with Gasteiger partial charge in [-0.25, -0.2) is 9.97 Å². The summed E-state index contributed by atoms with van der Waals surface area (Å²) in [6, 6.07) is 11.9. The van der Waals surface area contributed by atoms with E-state index in [0.29, 0.717) is 6.54 Å². The molecule has 0 saturated heterocycles. The summed E-state index contributed by atoms with van der Waals surface area (Å²) in [5.41, 5.74) is 2.94. The summed E-state index contributed by atoms with van der Waals surface area (Å²) in [7, 11) is 0. The van der Waals surface area contributed by atoms with E-state index in [4.69, 9.17) is 0 Å². The molecule has 6 heteroatoms. The largest absolute Gasteiger partial charge is 0.351 e. The van der Waals surface area contributed by atoms with Crippen LogP contribution >= 0.6 is 11.8 Å². The van der Waals surface area contributed by atoms with Crippen molar-refractivity contribution in [3.05, 3.63) is 54.5 Å². The van der Waals surface area contributed by atoms with E-state index in [2.05, 4.69) is 15.3 Å². The lowest BCUT2D eigenvalue weighted by atomic mass is 10.2. The molecule has 0 unspecified atom stereocenters. The molecule has 1 N–H and O–H groups in total. The second-order valence-corrected chi connectivity index (χ2v) is 6.40. The first-order valence-corrected chi connectivity index (χ1v) is 8.65. The van der Waals surface area contributed by atoms with Gasteiger partial charge in [0.2, 0.25) is 5.91 Å². The molecule has 0 fully saturated rings. The number of thioether (sulfide) groups is 1. The summed E-state index contributed by atoms with van der Waals surface area (Å²) in [6.07, 6.45) is 5.48. The Labute approximate surface area is 139 Å². The third-order valence-corrected chi connectivity index (χ3v) is 4.62. The zero-order valence-corrected chi connectivity index (χ0v) is 13.9. The van der Waals surface area contributed by atoms with Gasteiger partial charge in [-0.15, -0.1) is 0 Å². The molecule has 0 aliphatic rings. The van der Waals surface area contributed by atoms with Gasteiger partial charge >= 0.3 is 0 Å². The molecule has 1 atom stereocenters. The van der Waals surface area contributed by atoms with Crippen molar-refractivity contribution < 1.29 is 4.79 Å². The van der Waals surface area contributed by atoms with Gasteiger partial charge in [-0.05, 0) is 36.9 Å². The zero-order valence-electron chi connectivity index (χ0n) is 13.1. The predicted octanol–water partition coefficient (Wildman–Crippen LogP) is 2.79. The van der Waals surface area contributed by atoms with Gasteiger partial charge in [-0.3, -0.25) is 9.36 Å². The van der Waals surface area contributed by atoms with Crippen molar-refractivity contribution in [3.63, 3.8) is 0 Å². The van der Waals surface area contributed by atoms with E-state index in [1.54, 1.807) is 12.5 Å². The Bertz CT molecular complexity index is 813. The molecule has 1 amide bonds. The molecule has 23 heavy (non-hydrogen) atoms. The highest BCUT2D eigenvalue weighted by atomic mass is 32.2. The average Bonchev–Trinajstić information content (AvgIpc) is 3.03. The summed E-state index contributed by atoms with van der Waals surface area (Å²) in [4.78, 5) is 20.6. The van der Waals surface area contributed by atoms with Crippen molar-refractivity contribution in [2.24, 2.45) is 0 Å². The molecule has 2 aromatic heterocycles. The highest BCUT2D eigenvalue weighted by Gasteiger charge is 2.10. The minimum Gasteiger partial charge on any atom is -0.351 e. The molecule has 2 heterocycles. The average molecular weight is 326 g/mol. The summed E-state index contributed by atoms with van der Waals surface area (Å²) in [5, 5.41) is 2.87. The number of amides is 1. The molecule has 3 aromatic rings. The fourth-order valence-electron chi connectivity index (χ4n) is 2.25. The molecule has 0 aliphatic carbocycles. The van der Waals surface area contributed by atoms with E-state index >= 15 is 0 Å². The normalized spacial score (nSPS) is 12.3. The van der Waals surface area contributed by atoms with E-state index in [1.165, 1.54) is 11.8 Å².